The van der Waals surface area contributed by atoms with E-state index in [1.54, 1.807) is 0 Å². The lowest BCUT2D eigenvalue weighted by molar-refractivity contribution is 0.981. The van der Waals surface area contributed by atoms with Crippen LogP contribution in [0.15, 0.2) is 36.5 Å². The fourth-order valence-electron chi connectivity index (χ4n) is 1.51. The second-order valence-electron chi connectivity index (χ2n) is 3.31. The van der Waals surface area contributed by atoms with E-state index in [1.807, 2.05) is 12.3 Å². The topological polar surface area (TPSA) is 24.9 Å². The number of pyridine rings is 1. The third-order valence-electron chi connectivity index (χ3n) is 2.20. The van der Waals surface area contributed by atoms with E-state index >= 15 is 0 Å². The molecule has 0 amide bonds. The fourth-order valence-corrected chi connectivity index (χ4v) is 1.51. The third-order valence-corrected chi connectivity index (χ3v) is 2.20. The minimum atomic E-state index is 0.996. The average Bonchev–Trinajstić information content (AvgIpc) is 2.26. The molecular formula is C12H14N2. The molecule has 0 unspecified atom stereocenters. The third kappa shape index (κ3) is 1.69. The van der Waals surface area contributed by atoms with Crippen LogP contribution in [0, 0.1) is 0 Å². The van der Waals surface area contributed by atoms with Crippen molar-refractivity contribution in [2.75, 3.05) is 11.9 Å². The lowest BCUT2D eigenvalue weighted by Crippen LogP contribution is -2.00. The van der Waals surface area contributed by atoms with Crippen LogP contribution in [-0.2, 0) is 0 Å². The highest BCUT2D eigenvalue weighted by molar-refractivity contribution is 5.90. The van der Waals surface area contributed by atoms with E-state index in [0.29, 0.717) is 0 Å². The Balaban J connectivity index is 2.43. The molecule has 1 N–H and O–H groups in total. The molecule has 2 rings (SSSR count). The molecule has 0 saturated heterocycles. The van der Waals surface area contributed by atoms with Gasteiger partial charge in [-0.05, 0) is 18.6 Å². The van der Waals surface area contributed by atoms with Crippen LogP contribution >= 0.6 is 0 Å². The Morgan fingerprint density at radius 3 is 2.93 bits per heavy atom. The molecule has 0 atom stereocenters. The summed E-state index contributed by atoms with van der Waals surface area (Å²) in [7, 11) is 0. The molecule has 1 aromatic carbocycles. The molecule has 0 spiro atoms. The molecule has 2 heteroatoms. The van der Waals surface area contributed by atoms with Gasteiger partial charge in [0.05, 0.1) is 11.2 Å². The number of aromatic nitrogens is 1. The van der Waals surface area contributed by atoms with Gasteiger partial charge in [0, 0.05) is 18.1 Å². The van der Waals surface area contributed by atoms with Gasteiger partial charge in [0.2, 0.25) is 0 Å². The van der Waals surface area contributed by atoms with E-state index < -0.39 is 0 Å². The van der Waals surface area contributed by atoms with Crippen molar-refractivity contribution in [3.8, 4) is 0 Å². The van der Waals surface area contributed by atoms with Crippen molar-refractivity contribution in [1.82, 2.24) is 4.98 Å². The summed E-state index contributed by atoms with van der Waals surface area (Å²) in [5.74, 6) is 0. The predicted molar refractivity (Wildman–Crippen MR) is 60.5 cm³/mol. The monoisotopic (exact) mass is 186 g/mol. The number of fused-ring (bicyclic) bond motifs is 1. The van der Waals surface area contributed by atoms with Gasteiger partial charge in [-0.3, -0.25) is 4.98 Å². The molecule has 0 aliphatic rings. The molecular weight excluding hydrogens is 172 g/mol. The summed E-state index contributed by atoms with van der Waals surface area (Å²) in [5, 5.41) is 4.56. The first-order chi connectivity index (χ1) is 6.92. The zero-order valence-electron chi connectivity index (χ0n) is 8.33. The van der Waals surface area contributed by atoms with Gasteiger partial charge >= 0.3 is 0 Å². The van der Waals surface area contributed by atoms with Crippen molar-refractivity contribution in [2.45, 2.75) is 13.3 Å². The van der Waals surface area contributed by atoms with Gasteiger partial charge in [-0.15, -0.1) is 0 Å². The van der Waals surface area contributed by atoms with Gasteiger partial charge in [-0.1, -0.05) is 25.1 Å². The quantitative estimate of drug-likeness (QED) is 0.796. The van der Waals surface area contributed by atoms with Crippen molar-refractivity contribution in [3.05, 3.63) is 36.5 Å². The Bertz CT molecular complexity index is 418. The highest BCUT2D eigenvalue weighted by atomic mass is 14.9. The van der Waals surface area contributed by atoms with Crippen LogP contribution < -0.4 is 5.32 Å². The number of rotatable bonds is 3. The molecule has 0 aliphatic heterocycles. The summed E-state index contributed by atoms with van der Waals surface area (Å²) < 4.78 is 0. The highest BCUT2D eigenvalue weighted by Gasteiger charge is 1.98. The van der Waals surface area contributed by atoms with Crippen LogP contribution in [0.25, 0.3) is 10.9 Å². The molecule has 72 valence electrons. The Morgan fingerprint density at radius 2 is 2.07 bits per heavy atom. The second-order valence-corrected chi connectivity index (χ2v) is 3.31. The van der Waals surface area contributed by atoms with Crippen molar-refractivity contribution < 1.29 is 0 Å². The maximum Gasteiger partial charge on any atom is 0.0933 e. The largest absolute Gasteiger partial charge is 0.383 e. The van der Waals surface area contributed by atoms with E-state index in [2.05, 4.69) is 41.5 Å². The fraction of sp³-hybridized carbons (Fsp3) is 0.250. The standard InChI is InChI=1S/C12H14N2/c1-2-8-13-11-7-3-5-10-6-4-9-14-12(10)11/h3-7,9,13H,2,8H2,1H3. The summed E-state index contributed by atoms with van der Waals surface area (Å²) in [4.78, 5) is 4.37. The summed E-state index contributed by atoms with van der Waals surface area (Å²) in [6, 6.07) is 10.3. The first-order valence-electron chi connectivity index (χ1n) is 4.99. The van der Waals surface area contributed by atoms with Gasteiger partial charge in [0.15, 0.2) is 0 Å². The molecule has 0 aliphatic carbocycles. The smallest absolute Gasteiger partial charge is 0.0933 e. The zero-order chi connectivity index (χ0) is 9.80. The molecule has 14 heavy (non-hydrogen) atoms. The summed E-state index contributed by atoms with van der Waals surface area (Å²) in [6.45, 7) is 3.15. The van der Waals surface area contributed by atoms with Crippen molar-refractivity contribution in [2.24, 2.45) is 0 Å². The number of benzene rings is 1. The van der Waals surface area contributed by atoms with Gasteiger partial charge in [0.25, 0.3) is 0 Å². The lowest BCUT2D eigenvalue weighted by atomic mass is 10.2. The molecule has 2 aromatic rings. The normalized spacial score (nSPS) is 10.4. The van der Waals surface area contributed by atoms with E-state index in [1.165, 1.54) is 5.39 Å². The van der Waals surface area contributed by atoms with Crippen LogP contribution in [0.4, 0.5) is 5.69 Å². The van der Waals surface area contributed by atoms with Gasteiger partial charge in [0.1, 0.15) is 0 Å². The zero-order valence-corrected chi connectivity index (χ0v) is 8.33. The minimum absolute atomic E-state index is 0.996. The first-order valence-corrected chi connectivity index (χ1v) is 4.99. The van der Waals surface area contributed by atoms with Gasteiger partial charge in [-0.2, -0.15) is 0 Å². The van der Waals surface area contributed by atoms with Crippen molar-refractivity contribution >= 4 is 16.6 Å². The van der Waals surface area contributed by atoms with E-state index in [0.717, 1.165) is 24.2 Å². The SMILES string of the molecule is CCCNc1cccc2cccnc12. The maximum atomic E-state index is 4.37. The van der Waals surface area contributed by atoms with Gasteiger partial charge in [-0.25, -0.2) is 0 Å². The predicted octanol–water partition coefficient (Wildman–Crippen LogP) is 3.06. The number of nitrogens with zero attached hydrogens (tertiary/aromatic N) is 1. The Kier molecular flexibility index (Phi) is 2.63. The number of anilines is 1. The van der Waals surface area contributed by atoms with Crippen LogP contribution in [0.2, 0.25) is 0 Å². The van der Waals surface area contributed by atoms with Crippen LogP contribution in [0.1, 0.15) is 13.3 Å². The minimum Gasteiger partial charge on any atom is -0.383 e. The molecule has 0 bridgehead atoms. The van der Waals surface area contributed by atoms with Crippen molar-refractivity contribution in [3.63, 3.8) is 0 Å². The van der Waals surface area contributed by atoms with E-state index in [9.17, 15) is 0 Å². The van der Waals surface area contributed by atoms with Crippen LogP contribution in [-0.4, -0.2) is 11.5 Å². The summed E-state index contributed by atoms with van der Waals surface area (Å²) in [5.41, 5.74) is 2.19. The number of nitrogens with one attached hydrogen (secondary N) is 1. The Morgan fingerprint density at radius 1 is 1.21 bits per heavy atom. The maximum absolute atomic E-state index is 4.37. The first kappa shape index (κ1) is 9.00. The molecule has 2 nitrogen and oxygen atoms in total. The van der Waals surface area contributed by atoms with Gasteiger partial charge < -0.3 is 5.32 Å². The molecule has 0 radical (unpaired) electrons. The Hall–Kier alpha value is -1.57. The molecule has 0 saturated carbocycles. The Labute approximate surface area is 84.0 Å². The highest BCUT2D eigenvalue weighted by Crippen LogP contribution is 2.20. The molecule has 1 heterocycles. The molecule has 1 aromatic heterocycles. The average molecular weight is 186 g/mol. The van der Waals surface area contributed by atoms with Crippen LogP contribution in [0.5, 0.6) is 0 Å². The van der Waals surface area contributed by atoms with Crippen LogP contribution in [0.3, 0.4) is 0 Å². The number of para-hydroxylation sites is 1. The second kappa shape index (κ2) is 4.09. The summed E-state index contributed by atoms with van der Waals surface area (Å²) in [6.07, 6.45) is 2.96. The lowest BCUT2D eigenvalue weighted by Gasteiger charge is -2.07. The number of hydrogen-bond donors (Lipinski definition) is 1. The van der Waals surface area contributed by atoms with E-state index in [4.69, 9.17) is 0 Å². The summed E-state index contributed by atoms with van der Waals surface area (Å²) >= 11 is 0. The van der Waals surface area contributed by atoms with E-state index in [-0.39, 0.29) is 0 Å². The number of hydrogen-bond acceptors (Lipinski definition) is 2. The van der Waals surface area contributed by atoms with Crippen molar-refractivity contribution in [1.29, 1.82) is 0 Å². The molecule has 0 fully saturated rings.